The average Bonchev–Trinajstić information content (AvgIpc) is 2.96. The summed E-state index contributed by atoms with van der Waals surface area (Å²) >= 11 is 5.91. The summed E-state index contributed by atoms with van der Waals surface area (Å²) in [6.45, 7) is 0.460. The summed E-state index contributed by atoms with van der Waals surface area (Å²) in [5.74, 6) is -1.01. The lowest BCUT2D eigenvalue weighted by molar-refractivity contribution is -0.122. The standard InChI is InChI=1S/C31H22ClFN2O5/c32-23-9-5-20(6-10-23)18-39-26-15-13-25(14-16-26)35-30(37)27(29(36)34-31(35)38)17-22-3-1-2-4-28(22)40-19-21-7-11-24(33)12-8-21/h1-17H,18-19H2,(H,34,36,38)/b27-17+. The molecule has 1 aliphatic rings. The Morgan fingerprint density at radius 3 is 2.10 bits per heavy atom. The highest BCUT2D eigenvalue weighted by Crippen LogP contribution is 2.27. The summed E-state index contributed by atoms with van der Waals surface area (Å²) in [5, 5.41) is 2.85. The van der Waals surface area contributed by atoms with E-state index in [0.29, 0.717) is 28.7 Å². The van der Waals surface area contributed by atoms with E-state index in [4.69, 9.17) is 21.1 Å². The Hall–Kier alpha value is -4.95. The third-order valence-electron chi connectivity index (χ3n) is 6.04. The lowest BCUT2D eigenvalue weighted by atomic mass is 10.1. The highest BCUT2D eigenvalue weighted by molar-refractivity contribution is 6.39. The molecule has 40 heavy (non-hydrogen) atoms. The van der Waals surface area contributed by atoms with Crippen LogP contribution >= 0.6 is 11.6 Å². The van der Waals surface area contributed by atoms with Crippen molar-refractivity contribution in [3.05, 3.63) is 130 Å². The van der Waals surface area contributed by atoms with E-state index >= 15 is 0 Å². The van der Waals surface area contributed by atoms with Crippen molar-refractivity contribution in [2.24, 2.45) is 0 Å². The molecule has 5 rings (SSSR count). The van der Waals surface area contributed by atoms with Crippen LogP contribution in [0.2, 0.25) is 5.02 Å². The minimum absolute atomic E-state index is 0.150. The molecule has 1 fully saturated rings. The van der Waals surface area contributed by atoms with Gasteiger partial charge in [-0.25, -0.2) is 14.1 Å². The number of carbonyl (C=O) groups excluding carboxylic acids is 3. The maximum atomic E-state index is 13.4. The molecule has 0 spiro atoms. The van der Waals surface area contributed by atoms with Crippen LogP contribution in [-0.2, 0) is 22.8 Å². The van der Waals surface area contributed by atoms with Crippen molar-refractivity contribution in [3.8, 4) is 11.5 Å². The smallest absolute Gasteiger partial charge is 0.335 e. The Labute approximate surface area is 234 Å². The topological polar surface area (TPSA) is 84.9 Å². The lowest BCUT2D eigenvalue weighted by Crippen LogP contribution is -2.54. The van der Waals surface area contributed by atoms with Crippen LogP contribution in [0.15, 0.2) is 103 Å². The van der Waals surface area contributed by atoms with Gasteiger partial charge in [-0.1, -0.05) is 54.1 Å². The molecule has 1 heterocycles. The van der Waals surface area contributed by atoms with Crippen molar-refractivity contribution in [3.63, 3.8) is 0 Å². The van der Waals surface area contributed by atoms with Crippen LogP contribution in [0.1, 0.15) is 16.7 Å². The molecule has 4 amide bonds. The maximum Gasteiger partial charge on any atom is 0.335 e. The highest BCUT2D eigenvalue weighted by Gasteiger charge is 2.37. The van der Waals surface area contributed by atoms with Crippen LogP contribution in [0.4, 0.5) is 14.9 Å². The van der Waals surface area contributed by atoms with Crippen molar-refractivity contribution in [2.75, 3.05) is 4.90 Å². The molecule has 7 nitrogen and oxygen atoms in total. The van der Waals surface area contributed by atoms with E-state index in [1.165, 1.54) is 18.2 Å². The van der Waals surface area contributed by atoms with Gasteiger partial charge in [-0.15, -0.1) is 0 Å². The molecule has 0 bridgehead atoms. The largest absolute Gasteiger partial charge is 0.489 e. The molecule has 4 aromatic rings. The fourth-order valence-electron chi connectivity index (χ4n) is 3.96. The summed E-state index contributed by atoms with van der Waals surface area (Å²) in [6.07, 6.45) is 1.38. The summed E-state index contributed by atoms with van der Waals surface area (Å²) in [7, 11) is 0. The molecule has 9 heteroatoms. The number of nitrogens with zero attached hydrogens (tertiary/aromatic N) is 1. The fourth-order valence-corrected chi connectivity index (χ4v) is 4.09. The Balaban J connectivity index is 1.32. The van der Waals surface area contributed by atoms with Crippen molar-refractivity contribution >= 4 is 41.2 Å². The first kappa shape index (κ1) is 26.6. The minimum Gasteiger partial charge on any atom is -0.489 e. The fraction of sp³-hybridized carbons (Fsp3) is 0.0645. The summed E-state index contributed by atoms with van der Waals surface area (Å²) in [6, 6.07) is 25.5. The quantitative estimate of drug-likeness (QED) is 0.203. The van der Waals surface area contributed by atoms with Gasteiger partial charge < -0.3 is 9.47 Å². The Morgan fingerprint density at radius 2 is 1.40 bits per heavy atom. The van der Waals surface area contributed by atoms with E-state index in [9.17, 15) is 18.8 Å². The Kier molecular flexibility index (Phi) is 7.89. The van der Waals surface area contributed by atoms with Gasteiger partial charge in [0.1, 0.15) is 36.1 Å². The second-order valence-electron chi connectivity index (χ2n) is 8.82. The van der Waals surface area contributed by atoms with Gasteiger partial charge in [0, 0.05) is 10.6 Å². The summed E-state index contributed by atoms with van der Waals surface area (Å²) in [5.41, 5.74) is 2.16. The third kappa shape index (κ3) is 6.19. The van der Waals surface area contributed by atoms with Gasteiger partial charge in [-0.3, -0.25) is 14.9 Å². The lowest BCUT2D eigenvalue weighted by Gasteiger charge is -2.26. The number of barbiturate groups is 1. The number of benzene rings is 4. The molecule has 1 N–H and O–H groups in total. The number of halogens is 2. The van der Waals surface area contributed by atoms with E-state index in [1.54, 1.807) is 72.8 Å². The van der Waals surface area contributed by atoms with Crippen LogP contribution < -0.4 is 19.7 Å². The number of nitrogens with one attached hydrogen (secondary N) is 1. The van der Waals surface area contributed by atoms with Crippen molar-refractivity contribution < 1.29 is 28.2 Å². The number of ether oxygens (including phenoxy) is 2. The highest BCUT2D eigenvalue weighted by atomic mass is 35.5. The number of rotatable bonds is 8. The molecule has 0 unspecified atom stereocenters. The molecule has 0 saturated carbocycles. The van der Waals surface area contributed by atoms with Gasteiger partial charge in [0.2, 0.25) is 0 Å². The zero-order valence-corrected chi connectivity index (χ0v) is 21.7. The second kappa shape index (κ2) is 11.8. The number of anilines is 1. The van der Waals surface area contributed by atoms with Gasteiger partial charge >= 0.3 is 6.03 Å². The number of carbonyl (C=O) groups is 3. The second-order valence-corrected chi connectivity index (χ2v) is 9.26. The number of hydrogen-bond donors (Lipinski definition) is 1. The zero-order chi connectivity index (χ0) is 28.1. The predicted molar refractivity (Wildman–Crippen MR) is 148 cm³/mol. The third-order valence-corrected chi connectivity index (χ3v) is 6.29. The Morgan fingerprint density at radius 1 is 0.775 bits per heavy atom. The first-order valence-electron chi connectivity index (χ1n) is 12.2. The van der Waals surface area contributed by atoms with Gasteiger partial charge in [-0.2, -0.15) is 0 Å². The number of hydrogen-bond acceptors (Lipinski definition) is 5. The number of imide groups is 2. The van der Waals surface area contributed by atoms with E-state index in [2.05, 4.69) is 5.32 Å². The molecular weight excluding hydrogens is 535 g/mol. The van der Waals surface area contributed by atoms with E-state index in [1.807, 2.05) is 12.1 Å². The van der Waals surface area contributed by atoms with Gasteiger partial charge in [-0.05, 0) is 71.8 Å². The SMILES string of the molecule is O=C1NC(=O)N(c2ccc(OCc3ccc(Cl)cc3)cc2)C(=O)/C1=C/c1ccccc1OCc1ccc(F)cc1. The van der Waals surface area contributed by atoms with E-state index in [-0.39, 0.29) is 23.7 Å². The molecule has 1 saturated heterocycles. The minimum atomic E-state index is -0.858. The molecule has 0 radical (unpaired) electrons. The molecule has 4 aromatic carbocycles. The first-order valence-corrected chi connectivity index (χ1v) is 12.6. The summed E-state index contributed by atoms with van der Waals surface area (Å²) in [4.78, 5) is 39.5. The maximum absolute atomic E-state index is 13.4. The zero-order valence-electron chi connectivity index (χ0n) is 21.0. The molecule has 0 atom stereocenters. The summed E-state index contributed by atoms with van der Waals surface area (Å²) < 4.78 is 24.8. The van der Waals surface area contributed by atoms with Crippen molar-refractivity contribution in [2.45, 2.75) is 13.2 Å². The number of para-hydroxylation sites is 1. The normalized spacial score (nSPS) is 14.3. The van der Waals surface area contributed by atoms with Crippen molar-refractivity contribution in [1.82, 2.24) is 5.32 Å². The molecular formula is C31H22ClFN2O5. The monoisotopic (exact) mass is 556 g/mol. The van der Waals surface area contributed by atoms with Crippen LogP contribution in [-0.4, -0.2) is 17.8 Å². The van der Waals surface area contributed by atoms with Crippen LogP contribution in [0, 0.1) is 5.82 Å². The predicted octanol–water partition coefficient (Wildman–Crippen LogP) is 6.30. The molecule has 200 valence electrons. The van der Waals surface area contributed by atoms with Crippen LogP contribution in [0.5, 0.6) is 11.5 Å². The molecule has 0 aliphatic carbocycles. The van der Waals surface area contributed by atoms with Gasteiger partial charge in [0.15, 0.2) is 0 Å². The number of amides is 4. The van der Waals surface area contributed by atoms with E-state index < -0.39 is 17.8 Å². The molecule has 1 aliphatic heterocycles. The van der Waals surface area contributed by atoms with E-state index in [0.717, 1.165) is 16.0 Å². The first-order chi connectivity index (χ1) is 19.4. The van der Waals surface area contributed by atoms with Gasteiger partial charge in [0.05, 0.1) is 5.69 Å². The van der Waals surface area contributed by atoms with Gasteiger partial charge in [0.25, 0.3) is 11.8 Å². The van der Waals surface area contributed by atoms with Crippen LogP contribution in [0.3, 0.4) is 0 Å². The number of urea groups is 1. The van der Waals surface area contributed by atoms with Crippen molar-refractivity contribution in [1.29, 1.82) is 0 Å². The Bertz CT molecular complexity index is 1590. The molecule has 0 aromatic heterocycles. The van der Waals surface area contributed by atoms with Crippen LogP contribution in [0.25, 0.3) is 6.08 Å². The average molecular weight is 557 g/mol.